The van der Waals surface area contributed by atoms with E-state index in [2.05, 4.69) is 15.2 Å². The van der Waals surface area contributed by atoms with Crippen LogP contribution in [0.5, 0.6) is 0 Å². The molecule has 9 heteroatoms. The summed E-state index contributed by atoms with van der Waals surface area (Å²) in [4.78, 5) is 4.33. The summed E-state index contributed by atoms with van der Waals surface area (Å²) >= 11 is 1.53. The Labute approximate surface area is 163 Å². The molecule has 0 saturated heterocycles. The topological polar surface area (TPSA) is 81.0 Å². The summed E-state index contributed by atoms with van der Waals surface area (Å²) in [6, 6.07) is 10.8. The van der Waals surface area contributed by atoms with Crippen LogP contribution in [0.1, 0.15) is 12.5 Å². The van der Waals surface area contributed by atoms with Crippen molar-refractivity contribution in [2.24, 2.45) is 0 Å². The van der Waals surface area contributed by atoms with Gasteiger partial charge >= 0.3 is 0 Å². The highest BCUT2D eigenvalue weighted by Crippen LogP contribution is 2.27. The number of thioether (sulfide) groups is 1. The molecule has 0 unspecified atom stereocenters. The first-order chi connectivity index (χ1) is 12.9. The SMILES string of the molecule is CCn1c(SCc2cccc(S(=O)(=O)N(C)C)c2)nnc1-c1ccncc1. The number of nitrogens with zero attached hydrogens (tertiary/aromatic N) is 5. The highest BCUT2D eigenvalue weighted by molar-refractivity contribution is 7.98. The van der Waals surface area contributed by atoms with Gasteiger partial charge in [-0.1, -0.05) is 23.9 Å². The Hall–Kier alpha value is -2.23. The molecule has 2 aromatic heterocycles. The molecular weight excluding hydrogens is 382 g/mol. The molecule has 27 heavy (non-hydrogen) atoms. The van der Waals surface area contributed by atoms with Crippen molar-refractivity contribution in [3.05, 3.63) is 54.4 Å². The van der Waals surface area contributed by atoms with Gasteiger partial charge in [-0.25, -0.2) is 12.7 Å². The number of sulfonamides is 1. The second-order valence-electron chi connectivity index (χ2n) is 6.01. The van der Waals surface area contributed by atoms with E-state index in [1.165, 1.54) is 30.2 Å². The van der Waals surface area contributed by atoms with E-state index in [9.17, 15) is 8.42 Å². The van der Waals surface area contributed by atoms with Crippen LogP contribution in [0.15, 0.2) is 58.8 Å². The predicted molar refractivity (Wildman–Crippen MR) is 106 cm³/mol. The summed E-state index contributed by atoms with van der Waals surface area (Å²) in [5.41, 5.74) is 1.88. The lowest BCUT2D eigenvalue weighted by atomic mass is 10.2. The van der Waals surface area contributed by atoms with E-state index >= 15 is 0 Å². The van der Waals surface area contributed by atoms with Gasteiger partial charge in [0.25, 0.3) is 0 Å². The summed E-state index contributed by atoms with van der Waals surface area (Å²) < 4.78 is 27.9. The molecule has 0 N–H and O–H groups in total. The maximum atomic E-state index is 12.3. The minimum Gasteiger partial charge on any atom is -0.302 e. The monoisotopic (exact) mass is 403 g/mol. The number of aromatic nitrogens is 4. The van der Waals surface area contributed by atoms with Gasteiger partial charge < -0.3 is 4.57 Å². The summed E-state index contributed by atoms with van der Waals surface area (Å²) in [5, 5.41) is 9.41. The number of hydrogen-bond donors (Lipinski definition) is 0. The average Bonchev–Trinajstić information content (AvgIpc) is 3.10. The van der Waals surface area contributed by atoms with E-state index in [-0.39, 0.29) is 0 Å². The molecule has 1 aromatic carbocycles. The van der Waals surface area contributed by atoms with Crippen LogP contribution in [-0.4, -0.2) is 46.6 Å². The zero-order valence-corrected chi connectivity index (χ0v) is 17.0. The van der Waals surface area contributed by atoms with E-state index in [4.69, 9.17) is 0 Å². The number of hydrogen-bond acceptors (Lipinski definition) is 6. The van der Waals surface area contributed by atoms with Gasteiger partial charge in [0.05, 0.1) is 4.90 Å². The van der Waals surface area contributed by atoms with Crippen molar-refractivity contribution in [2.75, 3.05) is 14.1 Å². The van der Waals surface area contributed by atoms with Crippen molar-refractivity contribution >= 4 is 21.8 Å². The van der Waals surface area contributed by atoms with Gasteiger partial charge in [-0.05, 0) is 36.8 Å². The lowest BCUT2D eigenvalue weighted by Gasteiger charge is -2.12. The normalized spacial score (nSPS) is 11.9. The predicted octanol–water partition coefficient (Wildman–Crippen LogP) is 2.90. The third-order valence-corrected chi connectivity index (χ3v) is 6.87. The maximum Gasteiger partial charge on any atom is 0.242 e. The van der Waals surface area contributed by atoms with Crippen molar-refractivity contribution < 1.29 is 8.42 Å². The number of rotatable bonds is 7. The fraction of sp³-hybridized carbons (Fsp3) is 0.278. The third-order valence-electron chi connectivity index (χ3n) is 4.02. The van der Waals surface area contributed by atoms with E-state index in [1.54, 1.807) is 30.6 Å². The first-order valence-electron chi connectivity index (χ1n) is 8.41. The number of pyridine rings is 1. The molecule has 0 aliphatic rings. The highest BCUT2D eigenvalue weighted by atomic mass is 32.2. The lowest BCUT2D eigenvalue weighted by molar-refractivity contribution is 0.520. The molecule has 2 heterocycles. The Morgan fingerprint density at radius 2 is 1.85 bits per heavy atom. The molecule has 0 spiro atoms. The van der Waals surface area contributed by atoms with E-state index in [1.807, 2.05) is 29.7 Å². The maximum absolute atomic E-state index is 12.3. The molecule has 0 amide bonds. The van der Waals surface area contributed by atoms with Crippen LogP contribution in [0.3, 0.4) is 0 Å². The van der Waals surface area contributed by atoms with Crippen LogP contribution < -0.4 is 0 Å². The fourth-order valence-electron chi connectivity index (χ4n) is 2.55. The van der Waals surface area contributed by atoms with Crippen LogP contribution in [-0.2, 0) is 22.3 Å². The molecule has 7 nitrogen and oxygen atoms in total. The van der Waals surface area contributed by atoms with Gasteiger partial charge in [0.2, 0.25) is 10.0 Å². The summed E-state index contributed by atoms with van der Waals surface area (Å²) in [6.07, 6.45) is 3.46. The number of benzene rings is 1. The Balaban J connectivity index is 1.81. The minimum atomic E-state index is -3.44. The molecule has 0 bridgehead atoms. The van der Waals surface area contributed by atoms with Crippen LogP contribution >= 0.6 is 11.8 Å². The quantitative estimate of drug-likeness (QED) is 0.564. The van der Waals surface area contributed by atoms with Gasteiger partial charge in [-0.3, -0.25) is 4.98 Å². The Bertz CT molecular complexity index is 1020. The Morgan fingerprint density at radius 3 is 2.52 bits per heavy atom. The van der Waals surface area contributed by atoms with Crippen molar-refractivity contribution in [3.63, 3.8) is 0 Å². The molecule has 0 atom stereocenters. The minimum absolute atomic E-state index is 0.292. The Kier molecular flexibility index (Phi) is 5.93. The van der Waals surface area contributed by atoms with E-state index in [0.29, 0.717) is 10.6 Å². The highest BCUT2D eigenvalue weighted by Gasteiger charge is 2.18. The molecule has 0 fully saturated rings. The van der Waals surface area contributed by atoms with Crippen molar-refractivity contribution in [1.82, 2.24) is 24.1 Å². The van der Waals surface area contributed by atoms with Crippen molar-refractivity contribution in [3.8, 4) is 11.4 Å². The van der Waals surface area contributed by atoms with Crippen LogP contribution in [0.25, 0.3) is 11.4 Å². The van der Waals surface area contributed by atoms with Gasteiger partial charge in [0.15, 0.2) is 11.0 Å². The van der Waals surface area contributed by atoms with Gasteiger partial charge in [0, 0.05) is 44.4 Å². The smallest absolute Gasteiger partial charge is 0.242 e. The first kappa shape index (κ1) is 19.5. The second-order valence-corrected chi connectivity index (χ2v) is 9.10. The van der Waals surface area contributed by atoms with Gasteiger partial charge in [0.1, 0.15) is 0 Å². The molecule has 0 aliphatic carbocycles. The molecule has 3 aromatic rings. The molecule has 0 radical (unpaired) electrons. The standard InChI is InChI=1S/C18H21N5O2S2/c1-4-23-17(15-8-10-19-11-9-15)20-21-18(23)26-13-14-6-5-7-16(12-14)27(24,25)22(2)3/h5-12H,4,13H2,1-3H3. The zero-order chi connectivity index (χ0) is 19.4. The van der Waals surface area contributed by atoms with Crippen molar-refractivity contribution in [1.29, 1.82) is 0 Å². The molecule has 142 valence electrons. The summed E-state index contributed by atoms with van der Waals surface area (Å²) in [6.45, 7) is 2.78. The largest absolute Gasteiger partial charge is 0.302 e. The molecule has 3 rings (SSSR count). The van der Waals surface area contributed by atoms with Crippen LogP contribution in [0, 0.1) is 0 Å². The molecule has 0 aliphatic heterocycles. The fourth-order valence-corrected chi connectivity index (χ4v) is 4.47. The van der Waals surface area contributed by atoms with Crippen LogP contribution in [0.2, 0.25) is 0 Å². The van der Waals surface area contributed by atoms with E-state index < -0.39 is 10.0 Å². The second kappa shape index (κ2) is 8.20. The Morgan fingerprint density at radius 1 is 1.11 bits per heavy atom. The third kappa shape index (κ3) is 4.20. The summed E-state index contributed by atoms with van der Waals surface area (Å²) in [5.74, 6) is 1.40. The van der Waals surface area contributed by atoms with Gasteiger partial charge in [-0.15, -0.1) is 10.2 Å². The average molecular weight is 404 g/mol. The van der Waals surface area contributed by atoms with Gasteiger partial charge in [-0.2, -0.15) is 0 Å². The molecular formula is C18H21N5O2S2. The first-order valence-corrected chi connectivity index (χ1v) is 10.8. The zero-order valence-electron chi connectivity index (χ0n) is 15.4. The summed E-state index contributed by atoms with van der Waals surface area (Å²) in [7, 11) is -0.384. The van der Waals surface area contributed by atoms with Crippen LogP contribution in [0.4, 0.5) is 0 Å². The van der Waals surface area contributed by atoms with E-state index in [0.717, 1.165) is 28.7 Å². The molecule has 0 saturated carbocycles. The lowest BCUT2D eigenvalue weighted by Crippen LogP contribution is -2.22. The van der Waals surface area contributed by atoms with Crippen molar-refractivity contribution in [2.45, 2.75) is 29.3 Å².